The molecule has 0 aromatic carbocycles. The van der Waals surface area contributed by atoms with E-state index in [2.05, 4.69) is 5.32 Å². The first-order valence-electron chi connectivity index (χ1n) is 4.24. The number of nitrogens with zero attached hydrogens (tertiary/aromatic N) is 1. The van der Waals surface area contributed by atoms with Gasteiger partial charge in [0.05, 0.1) is 12.1 Å². The van der Waals surface area contributed by atoms with Gasteiger partial charge >= 0.3 is 0 Å². The fraction of sp³-hybridized carbons (Fsp3) is 0.750. The maximum atomic E-state index is 11.5. The van der Waals surface area contributed by atoms with Crippen LogP contribution in [0, 0.1) is 0 Å². The molecule has 1 aliphatic rings. The number of likely N-dealkylation sites (N-methyl/N-ethyl adjacent to an activating group) is 2. The van der Waals surface area contributed by atoms with Gasteiger partial charge in [-0.25, -0.2) is 0 Å². The molecule has 74 valence electrons. The van der Waals surface area contributed by atoms with Crippen molar-refractivity contribution in [2.24, 2.45) is 5.73 Å². The van der Waals surface area contributed by atoms with Crippen LogP contribution in [0.1, 0.15) is 12.8 Å². The van der Waals surface area contributed by atoms with E-state index in [-0.39, 0.29) is 18.4 Å². The smallest absolute Gasteiger partial charge is 0.242 e. The van der Waals surface area contributed by atoms with Crippen molar-refractivity contribution < 1.29 is 9.59 Å². The van der Waals surface area contributed by atoms with Gasteiger partial charge in [0.15, 0.2) is 0 Å². The maximum absolute atomic E-state index is 11.5. The van der Waals surface area contributed by atoms with Crippen LogP contribution in [0.4, 0.5) is 0 Å². The summed E-state index contributed by atoms with van der Waals surface area (Å²) in [6.45, 7) is 0.0777. The number of amides is 2. The summed E-state index contributed by atoms with van der Waals surface area (Å²) in [5, 5.41) is 2.45. The largest absolute Gasteiger partial charge is 0.358 e. The van der Waals surface area contributed by atoms with E-state index in [0.717, 1.165) is 12.8 Å². The van der Waals surface area contributed by atoms with Crippen LogP contribution in [-0.2, 0) is 9.59 Å². The lowest BCUT2D eigenvalue weighted by Gasteiger charge is -2.19. The zero-order chi connectivity index (χ0) is 10.1. The number of carbonyl (C=O) groups excluding carboxylic acids is 2. The van der Waals surface area contributed by atoms with E-state index in [4.69, 9.17) is 5.73 Å². The van der Waals surface area contributed by atoms with Gasteiger partial charge in [0.1, 0.15) is 0 Å². The molecular weight excluding hydrogens is 170 g/mol. The van der Waals surface area contributed by atoms with Crippen molar-refractivity contribution in [3.8, 4) is 0 Å². The van der Waals surface area contributed by atoms with Crippen LogP contribution in [0.2, 0.25) is 0 Å². The van der Waals surface area contributed by atoms with Crippen LogP contribution in [0.3, 0.4) is 0 Å². The monoisotopic (exact) mass is 185 g/mol. The minimum atomic E-state index is -0.678. The van der Waals surface area contributed by atoms with Crippen LogP contribution in [0.5, 0.6) is 0 Å². The number of hydrogen-bond donors (Lipinski definition) is 2. The third-order valence-electron chi connectivity index (χ3n) is 2.22. The molecule has 0 saturated heterocycles. The summed E-state index contributed by atoms with van der Waals surface area (Å²) in [6.07, 6.45) is 1.45. The summed E-state index contributed by atoms with van der Waals surface area (Å²) in [7, 11) is 3.13. The Morgan fingerprint density at radius 2 is 2.08 bits per heavy atom. The summed E-state index contributed by atoms with van der Waals surface area (Å²) >= 11 is 0. The SMILES string of the molecule is CNC(=O)CN(C)C(=O)C1(N)CC1. The molecule has 1 saturated carbocycles. The van der Waals surface area contributed by atoms with E-state index in [9.17, 15) is 9.59 Å². The molecule has 0 radical (unpaired) electrons. The van der Waals surface area contributed by atoms with Crippen molar-refractivity contribution in [3.63, 3.8) is 0 Å². The molecule has 1 aliphatic carbocycles. The third-order valence-corrected chi connectivity index (χ3v) is 2.22. The Morgan fingerprint density at radius 3 is 2.46 bits per heavy atom. The van der Waals surface area contributed by atoms with Gasteiger partial charge in [-0.2, -0.15) is 0 Å². The molecule has 2 amide bonds. The average molecular weight is 185 g/mol. The van der Waals surface area contributed by atoms with Crippen molar-refractivity contribution >= 4 is 11.8 Å². The summed E-state index contributed by atoms with van der Waals surface area (Å²) in [6, 6.07) is 0. The molecular formula is C8H15N3O2. The summed E-state index contributed by atoms with van der Waals surface area (Å²) < 4.78 is 0. The lowest BCUT2D eigenvalue weighted by atomic mass is 10.2. The van der Waals surface area contributed by atoms with Crippen LogP contribution in [0.25, 0.3) is 0 Å². The minimum Gasteiger partial charge on any atom is -0.358 e. The first-order valence-corrected chi connectivity index (χ1v) is 4.24. The zero-order valence-electron chi connectivity index (χ0n) is 7.96. The lowest BCUT2D eigenvalue weighted by Crippen LogP contribution is -2.47. The average Bonchev–Trinajstić information content (AvgIpc) is 2.83. The molecule has 0 aromatic heterocycles. The summed E-state index contributed by atoms with van der Waals surface area (Å²) in [4.78, 5) is 23.8. The van der Waals surface area contributed by atoms with Crippen molar-refractivity contribution in [2.45, 2.75) is 18.4 Å². The van der Waals surface area contributed by atoms with Crippen molar-refractivity contribution in [3.05, 3.63) is 0 Å². The number of hydrogen-bond acceptors (Lipinski definition) is 3. The van der Waals surface area contributed by atoms with Crippen LogP contribution < -0.4 is 11.1 Å². The standard InChI is InChI=1S/C8H15N3O2/c1-10-6(12)5-11(2)7(13)8(9)3-4-8/h3-5,9H2,1-2H3,(H,10,12). The molecule has 1 rings (SSSR count). The van der Waals surface area contributed by atoms with Gasteiger partial charge in [-0.3, -0.25) is 9.59 Å². The lowest BCUT2D eigenvalue weighted by molar-refractivity contribution is -0.136. The highest BCUT2D eigenvalue weighted by atomic mass is 16.2. The van der Waals surface area contributed by atoms with E-state index in [1.54, 1.807) is 7.05 Å². The Morgan fingerprint density at radius 1 is 1.54 bits per heavy atom. The van der Waals surface area contributed by atoms with E-state index >= 15 is 0 Å². The van der Waals surface area contributed by atoms with Gasteiger partial charge < -0.3 is 16.0 Å². The fourth-order valence-electron chi connectivity index (χ4n) is 1.09. The second-order valence-electron chi connectivity index (χ2n) is 3.49. The van der Waals surface area contributed by atoms with E-state index < -0.39 is 5.54 Å². The maximum Gasteiger partial charge on any atom is 0.242 e. The Labute approximate surface area is 77.3 Å². The zero-order valence-corrected chi connectivity index (χ0v) is 7.96. The molecule has 0 aromatic rings. The molecule has 0 aliphatic heterocycles. The number of rotatable bonds is 3. The van der Waals surface area contributed by atoms with Gasteiger partial charge in [0.2, 0.25) is 11.8 Å². The molecule has 3 N–H and O–H groups in total. The topological polar surface area (TPSA) is 75.4 Å². The van der Waals surface area contributed by atoms with E-state index in [1.807, 2.05) is 0 Å². The van der Waals surface area contributed by atoms with Gasteiger partial charge in [-0.15, -0.1) is 0 Å². The summed E-state index contributed by atoms with van der Waals surface area (Å²) in [5.74, 6) is -0.323. The minimum absolute atomic E-state index is 0.0777. The fourth-order valence-corrected chi connectivity index (χ4v) is 1.09. The van der Waals surface area contributed by atoms with Gasteiger partial charge in [0.25, 0.3) is 0 Å². The molecule has 13 heavy (non-hydrogen) atoms. The van der Waals surface area contributed by atoms with Crippen LogP contribution in [0.15, 0.2) is 0 Å². The van der Waals surface area contributed by atoms with Crippen LogP contribution >= 0.6 is 0 Å². The predicted molar refractivity (Wildman–Crippen MR) is 47.9 cm³/mol. The number of nitrogens with one attached hydrogen (secondary N) is 1. The highest BCUT2D eigenvalue weighted by molar-refractivity contribution is 5.92. The van der Waals surface area contributed by atoms with Crippen molar-refractivity contribution in [1.82, 2.24) is 10.2 Å². The highest BCUT2D eigenvalue weighted by Crippen LogP contribution is 2.33. The highest BCUT2D eigenvalue weighted by Gasteiger charge is 2.47. The quantitative estimate of drug-likeness (QED) is 0.572. The normalized spacial score (nSPS) is 17.8. The van der Waals surface area contributed by atoms with E-state index in [1.165, 1.54) is 11.9 Å². The Hall–Kier alpha value is -1.10. The number of carbonyl (C=O) groups is 2. The Bertz CT molecular complexity index is 236. The molecule has 0 unspecified atom stereocenters. The molecule has 5 nitrogen and oxygen atoms in total. The number of nitrogens with two attached hydrogens (primary N) is 1. The first-order chi connectivity index (χ1) is 5.99. The van der Waals surface area contributed by atoms with E-state index in [0.29, 0.717) is 0 Å². The second kappa shape index (κ2) is 3.33. The first kappa shape index (κ1) is 9.98. The molecule has 0 bridgehead atoms. The molecule has 0 atom stereocenters. The van der Waals surface area contributed by atoms with Gasteiger partial charge in [-0.05, 0) is 12.8 Å². The molecule has 1 fully saturated rings. The molecule has 0 heterocycles. The third kappa shape index (κ3) is 2.18. The van der Waals surface area contributed by atoms with Crippen molar-refractivity contribution in [1.29, 1.82) is 0 Å². The van der Waals surface area contributed by atoms with Crippen LogP contribution in [-0.4, -0.2) is 42.9 Å². The molecule has 0 spiro atoms. The molecule has 5 heteroatoms. The van der Waals surface area contributed by atoms with Crippen molar-refractivity contribution in [2.75, 3.05) is 20.6 Å². The van der Waals surface area contributed by atoms with Gasteiger partial charge in [0, 0.05) is 14.1 Å². The predicted octanol–water partition coefficient (Wildman–Crippen LogP) is -1.32. The second-order valence-corrected chi connectivity index (χ2v) is 3.49. The van der Waals surface area contributed by atoms with Gasteiger partial charge in [-0.1, -0.05) is 0 Å². The Balaban J connectivity index is 2.43. The Kier molecular flexibility index (Phi) is 2.56. The summed E-state index contributed by atoms with van der Waals surface area (Å²) in [5.41, 5.74) is 5.01.